The van der Waals surface area contributed by atoms with Crippen molar-refractivity contribution in [2.75, 3.05) is 0 Å². The van der Waals surface area contributed by atoms with Crippen molar-refractivity contribution in [3.8, 4) is 0 Å². The number of carbonyl (C=O) groups excluding carboxylic acids is 3. The Morgan fingerprint density at radius 2 is 1.84 bits per heavy atom. The Kier molecular flexibility index (Phi) is 7.73. The molecule has 0 aromatic carbocycles. The van der Waals surface area contributed by atoms with Gasteiger partial charge in [-0.05, 0) is 38.5 Å². The van der Waals surface area contributed by atoms with Crippen LogP contribution in [0.15, 0.2) is 0 Å². The Hall–Kier alpha value is -1.76. The van der Waals surface area contributed by atoms with Crippen molar-refractivity contribution in [2.45, 2.75) is 84.7 Å². The van der Waals surface area contributed by atoms with Crippen LogP contribution in [0, 0.1) is 10.8 Å². The lowest BCUT2D eigenvalue weighted by molar-refractivity contribution is -0.155. The molecule has 0 spiro atoms. The third-order valence-corrected chi connectivity index (χ3v) is 3.67. The number of ketones is 1. The molecule has 0 aromatic rings. The van der Waals surface area contributed by atoms with Gasteiger partial charge in [-0.25, -0.2) is 4.79 Å². The molecule has 7 heteroatoms. The molecule has 0 saturated heterocycles. The molecule has 142 valence electrons. The van der Waals surface area contributed by atoms with E-state index < -0.39 is 29.3 Å². The van der Waals surface area contributed by atoms with E-state index in [-0.39, 0.29) is 31.0 Å². The predicted octanol–water partition coefficient (Wildman–Crippen LogP) is 2.02. The van der Waals surface area contributed by atoms with Crippen molar-refractivity contribution in [2.24, 2.45) is 5.41 Å². The third-order valence-electron chi connectivity index (χ3n) is 3.67. The monoisotopic (exact) mass is 354 g/mol. The van der Waals surface area contributed by atoms with Gasteiger partial charge in [0.15, 0.2) is 5.78 Å². The highest BCUT2D eigenvalue weighted by molar-refractivity contribution is 6.26. The Bertz CT molecular complexity index is 506. The highest BCUT2D eigenvalue weighted by atomic mass is 16.5. The Labute approximate surface area is 149 Å². The van der Waals surface area contributed by atoms with Crippen LogP contribution >= 0.6 is 0 Å². The number of carbonyl (C=O) groups is 3. The summed E-state index contributed by atoms with van der Waals surface area (Å²) in [5.74, 6) is -1.37. The molecule has 1 aliphatic carbocycles. The van der Waals surface area contributed by atoms with Crippen LogP contribution in [-0.2, 0) is 23.9 Å². The molecular weight excluding hydrogens is 324 g/mol. The number of amides is 1. The average molecular weight is 354 g/mol. The molecule has 1 fully saturated rings. The van der Waals surface area contributed by atoms with Crippen molar-refractivity contribution in [3.63, 3.8) is 0 Å². The first kappa shape index (κ1) is 21.3. The van der Waals surface area contributed by atoms with Crippen molar-refractivity contribution in [3.05, 3.63) is 0 Å². The summed E-state index contributed by atoms with van der Waals surface area (Å²) >= 11 is 0. The van der Waals surface area contributed by atoms with Crippen LogP contribution in [0.5, 0.6) is 0 Å². The second-order valence-corrected chi connectivity index (χ2v) is 7.78. The minimum Gasteiger partial charge on any atom is -0.461 e. The molecule has 0 aromatic heterocycles. The van der Waals surface area contributed by atoms with Gasteiger partial charge in [-0.1, -0.05) is 20.8 Å². The van der Waals surface area contributed by atoms with Gasteiger partial charge in [0.2, 0.25) is 5.91 Å². The Morgan fingerprint density at radius 1 is 1.24 bits per heavy atom. The van der Waals surface area contributed by atoms with Gasteiger partial charge >= 0.3 is 5.97 Å². The number of esters is 1. The quantitative estimate of drug-likeness (QED) is 0.461. The minimum absolute atomic E-state index is 0.00862. The Morgan fingerprint density at radius 3 is 2.28 bits per heavy atom. The molecule has 2 atom stereocenters. The van der Waals surface area contributed by atoms with E-state index in [1.165, 1.54) is 0 Å². The summed E-state index contributed by atoms with van der Waals surface area (Å²) in [7, 11) is 0. The molecule has 25 heavy (non-hydrogen) atoms. The molecule has 1 aliphatic rings. The summed E-state index contributed by atoms with van der Waals surface area (Å²) in [5.41, 5.74) is -0.427. The lowest BCUT2D eigenvalue weighted by atomic mass is 9.88. The number of ether oxygens (including phenoxy) is 2. The molecule has 2 N–H and O–H groups in total. The molecule has 0 unspecified atom stereocenters. The van der Waals surface area contributed by atoms with Crippen LogP contribution < -0.4 is 5.32 Å². The maximum Gasteiger partial charge on any atom is 0.328 e. The maximum absolute atomic E-state index is 12.7. The topological polar surface area (TPSA) is 106 Å². The summed E-state index contributed by atoms with van der Waals surface area (Å²) in [4.78, 5) is 36.3. The second-order valence-electron chi connectivity index (χ2n) is 7.78. The van der Waals surface area contributed by atoms with Crippen LogP contribution in [0.25, 0.3) is 0 Å². The maximum atomic E-state index is 12.7. The fourth-order valence-electron chi connectivity index (χ4n) is 2.23. The lowest BCUT2D eigenvalue weighted by Gasteiger charge is -2.31. The van der Waals surface area contributed by atoms with Gasteiger partial charge in [0.1, 0.15) is 12.1 Å². The molecule has 0 bridgehead atoms. The molecule has 1 rings (SSSR count). The molecule has 0 aliphatic heterocycles. The zero-order valence-electron chi connectivity index (χ0n) is 15.8. The van der Waals surface area contributed by atoms with Gasteiger partial charge in [0, 0.05) is 6.42 Å². The number of hydrogen-bond acceptors (Lipinski definition) is 6. The lowest BCUT2D eigenvalue weighted by Crippen LogP contribution is -2.51. The van der Waals surface area contributed by atoms with E-state index in [1.807, 2.05) is 20.8 Å². The van der Waals surface area contributed by atoms with Crippen molar-refractivity contribution >= 4 is 23.9 Å². The van der Waals surface area contributed by atoms with Crippen LogP contribution in [-0.4, -0.2) is 48.2 Å². The second kappa shape index (κ2) is 9.08. The SMILES string of the molecule is CC(C)OC(=O)[C@H](CCC(=O)C=N)NC(=O)[C@@H](OC1CC1)C(C)(C)C. The minimum atomic E-state index is -0.938. The summed E-state index contributed by atoms with van der Waals surface area (Å²) in [6.07, 6.45) is 1.74. The van der Waals surface area contributed by atoms with E-state index in [2.05, 4.69) is 5.32 Å². The van der Waals surface area contributed by atoms with E-state index in [9.17, 15) is 14.4 Å². The first-order valence-corrected chi connectivity index (χ1v) is 8.74. The van der Waals surface area contributed by atoms with E-state index in [0.717, 1.165) is 12.8 Å². The van der Waals surface area contributed by atoms with Crippen molar-refractivity contribution in [1.29, 1.82) is 5.41 Å². The van der Waals surface area contributed by atoms with Gasteiger partial charge in [0.05, 0.1) is 18.4 Å². The van der Waals surface area contributed by atoms with Crippen LogP contribution in [0.3, 0.4) is 0 Å². The zero-order valence-corrected chi connectivity index (χ0v) is 15.8. The van der Waals surface area contributed by atoms with Gasteiger partial charge in [-0.3, -0.25) is 9.59 Å². The van der Waals surface area contributed by atoms with Crippen LogP contribution in [0.4, 0.5) is 0 Å². The van der Waals surface area contributed by atoms with Crippen molar-refractivity contribution < 1.29 is 23.9 Å². The van der Waals surface area contributed by atoms with E-state index in [1.54, 1.807) is 13.8 Å². The van der Waals surface area contributed by atoms with Crippen molar-refractivity contribution in [1.82, 2.24) is 5.32 Å². The number of rotatable bonds is 10. The highest BCUT2D eigenvalue weighted by Gasteiger charge is 2.39. The number of Topliss-reactive ketones (excluding diaryl/α,β-unsaturated/α-hetero) is 1. The van der Waals surface area contributed by atoms with E-state index in [0.29, 0.717) is 6.21 Å². The third kappa shape index (κ3) is 7.77. The van der Waals surface area contributed by atoms with E-state index in [4.69, 9.17) is 14.9 Å². The molecule has 0 heterocycles. The first-order valence-electron chi connectivity index (χ1n) is 8.74. The standard InChI is InChI=1S/C18H30N2O5/c1-11(2)24-17(23)14(9-6-12(21)10-19)20-16(22)15(18(3,4)5)25-13-7-8-13/h10-11,13-15,19H,6-9H2,1-5H3,(H,20,22)/t14-,15+/m0/s1. The fraction of sp³-hybridized carbons (Fsp3) is 0.778. The van der Waals surface area contributed by atoms with Gasteiger partial charge in [-0.2, -0.15) is 0 Å². The molecule has 0 radical (unpaired) electrons. The molecule has 7 nitrogen and oxygen atoms in total. The summed E-state index contributed by atoms with van der Waals surface area (Å²) < 4.78 is 11.0. The number of nitrogens with one attached hydrogen (secondary N) is 2. The molecular formula is C18H30N2O5. The summed E-state index contributed by atoms with van der Waals surface area (Å²) in [6, 6.07) is -0.938. The van der Waals surface area contributed by atoms with E-state index >= 15 is 0 Å². The van der Waals surface area contributed by atoms with Crippen LogP contribution in [0.2, 0.25) is 0 Å². The normalized spacial score (nSPS) is 16.9. The van der Waals surface area contributed by atoms with Crippen LogP contribution in [0.1, 0.15) is 60.3 Å². The van der Waals surface area contributed by atoms with Gasteiger partial charge in [0.25, 0.3) is 0 Å². The summed E-state index contributed by atoms with van der Waals surface area (Å²) in [5, 5.41) is 9.63. The fourth-order valence-corrected chi connectivity index (χ4v) is 2.23. The van der Waals surface area contributed by atoms with Gasteiger partial charge < -0.3 is 20.2 Å². The molecule has 1 saturated carbocycles. The smallest absolute Gasteiger partial charge is 0.328 e. The number of hydrogen-bond donors (Lipinski definition) is 2. The van der Waals surface area contributed by atoms with Gasteiger partial charge in [-0.15, -0.1) is 0 Å². The predicted molar refractivity (Wildman–Crippen MR) is 93.5 cm³/mol. The summed E-state index contributed by atoms with van der Waals surface area (Å²) in [6.45, 7) is 9.14. The highest BCUT2D eigenvalue weighted by Crippen LogP contribution is 2.31. The average Bonchev–Trinajstić information content (AvgIpc) is 3.30. The zero-order chi connectivity index (χ0) is 19.2. The first-order chi connectivity index (χ1) is 11.5. The Balaban J connectivity index is 2.80. The molecule has 1 amide bonds. The largest absolute Gasteiger partial charge is 0.461 e.